The van der Waals surface area contributed by atoms with Gasteiger partial charge in [-0.15, -0.1) is 0 Å². The third-order valence-electron chi connectivity index (χ3n) is 4.66. The van der Waals surface area contributed by atoms with Gasteiger partial charge in [-0.2, -0.15) is 5.10 Å². The van der Waals surface area contributed by atoms with Crippen LogP contribution in [0.15, 0.2) is 29.4 Å². The van der Waals surface area contributed by atoms with E-state index in [1.54, 1.807) is 64.6 Å². The highest BCUT2D eigenvalue weighted by molar-refractivity contribution is 7.92. The lowest BCUT2D eigenvalue weighted by Gasteiger charge is -2.21. The summed E-state index contributed by atoms with van der Waals surface area (Å²) in [6.45, 7) is 4.91. The van der Waals surface area contributed by atoms with E-state index in [1.807, 2.05) is 0 Å². The zero-order valence-electron chi connectivity index (χ0n) is 17.6. The fourth-order valence-electron chi connectivity index (χ4n) is 2.89. The third-order valence-corrected chi connectivity index (χ3v) is 7.16. The maximum Gasteiger partial charge on any atom is 0.271 e. The molecule has 1 amide bonds. The van der Waals surface area contributed by atoms with E-state index in [4.69, 9.17) is 4.74 Å². The van der Waals surface area contributed by atoms with Crippen LogP contribution in [0.4, 0.5) is 0 Å². The number of carbonyl (C=O) groups excluding carboxylic acids is 1. The van der Waals surface area contributed by atoms with Crippen molar-refractivity contribution in [2.45, 2.75) is 30.4 Å². The number of hydrogen-bond acceptors (Lipinski definition) is 6. The van der Waals surface area contributed by atoms with E-state index < -0.39 is 14.6 Å². The van der Waals surface area contributed by atoms with Gasteiger partial charge in [0.15, 0.2) is 9.84 Å². The first-order valence-electron chi connectivity index (χ1n) is 8.94. The largest absolute Gasteiger partial charge is 0.495 e. The average molecular weight is 420 g/mol. The number of sulfone groups is 1. The highest BCUT2D eigenvalue weighted by Gasteiger charge is 2.34. The predicted molar refractivity (Wildman–Crippen MR) is 109 cm³/mol. The van der Waals surface area contributed by atoms with Gasteiger partial charge in [0.05, 0.1) is 23.7 Å². The fourth-order valence-corrected chi connectivity index (χ4v) is 4.20. The molecular weight excluding hydrogens is 394 g/mol. The number of imidazole rings is 1. The number of amides is 1. The number of carbonyl (C=O) groups is 1. The maximum atomic E-state index is 13.1. The molecule has 0 spiro atoms. The number of methoxy groups -OCH3 is 1. The lowest BCUT2D eigenvalue weighted by molar-refractivity contribution is 0.0817. The summed E-state index contributed by atoms with van der Waals surface area (Å²) in [7, 11) is 2.76. The number of nitrogens with zero attached hydrogens (tertiary/aromatic N) is 5. The van der Waals surface area contributed by atoms with Gasteiger partial charge in [0.1, 0.15) is 27.7 Å². The van der Waals surface area contributed by atoms with Gasteiger partial charge in [-0.25, -0.2) is 13.4 Å². The number of fused-ring (bicyclic) bond motifs is 1. The normalized spacial score (nSPS) is 12.4. The lowest BCUT2D eigenvalue weighted by Crippen LogP contribution is -2.28. The molecule has 0 atom stereocenters. The second-order valence-corrected chi connectivity index (χ2v) is 10.6. The molecule has 0 aliphatic rings. The Balaban J connectivity index is 2.24. The van der Waals surface area contributed by atoms with Gasteiger partial charge in [0.25, 0.3) is 5.91 Å². The quantitative estimate of drug-likeness (QED) is 0.642. The molecule has 3 aromatic heterocycles. The summed E-state index contributed by atoms with van der Waals surface area (Å²) in [5.74, 6) is 0.0480. The van der Waals surface area contributed by atoms with E-state index in [-0.39, 0.29) is 16.6 Å². The van der Waals surface area contributed by atoms with Crippen LogP contribution in [-0.2, 0) is 16.9 Å². The van der Waals surface area contributed by atoms with Crippen molar-refractivity contribution in [1.29, 1.82) is 0 Å². The van der Waals surface area contributed by atoms with Crippen LogP contribution < -0.4 is 4.74 Å². The van der Waals surface area contributed by atoms with E-state index in [0.717, 1.165) is 0 Å². The summed E-state index contributed by atoms with van der Waals surface area (Å²) in [6.07, 6.45) is 3.09. The summed E-state index contributed by atoms with van der Waals surface area (Å²) in [5, 5.41) is 4.42. The van der Waals surface area contributed by atoms with Crippen LogP contribution in [0.5, 0.6) is 5.75 Å². The molecular formula is C19H25N5O4S. The molecule has 0 aromatic carbocycles. The number of aromatic nitrogens is 4. The molecule has 3 rings (SSSR count). The second kappa shape index (κ2) is 6.87. The molecule has 29 heavy (non-hydrogen) atoms. The Morgan fingerprint density at radius 3 is 2.41 bits per heavy atom. The number of ether oxygens (including phenoxy) is 1. The van der Waals surface area contributed by atoms with Crippen LogP contribution in [0.2, 0.25) is 0 Å². The Bertz CT molecular complexity index is 1200. The zero-order valence-corrected chi connectivity index (χ0v) is 18.4. The first-order chi connectivity index (χ1) is 13.4. The van der Waals surface area contributed by atoms with Crippen molar-refractivity contribution in [3.63, 3.8) is 0 Å². The SMILES string of the molecule is COc1cc2ncc(-c3cc(C(=O)N(C)C)n(C)n3)n2cc1S(=O)(=O)C(C)(C)C. The Hall–Kier alpha value is -2.88. The first kappa shape index (κ1) is 20.8. The third kappa shape index (κ3) is 3.37. The Kier molecular flexibility index (Phi) is 4.94. The van der Waals surface area contributed by atoms with E-state index in [0.29, 0.717) is 22.7 Å². The van der Waals surface area contributed by atoms with Crippen LogP contribution >= 0.6 is 0 Å². The van der Waals surface area contributed by atoms with Crippen LogP contribution in [-0.4, -0.2) is 64.3 Å². The van der Waals surface area contributed by atoms with Gasteiger partial charge in [-0.3, -0.25) is 13.9 Å². The van der Waals surface area contributed by atoms with Crippen molar-refractivity contribution in [2.24, 2.45) is 7.05 Å². The molecule has 156 valence electrons. The summed E-state index contributed by atoms with van der Waals surface area (Å²) < 4.78 is 33.6. The number of aryl methyl sites for hydroxylation is 1. The van der Waals surface area contributed by atoms with Crippen molar-refractivity contribution in [3.05, 3.63) is 30.2 Å². The van der Waals surface area contributed by atoms with Crippen molar-refractivity contribution in [1.82, 2.24) is 24.1 Å². The Morgan fingerprint density at radius 1 is 1.21 bits per heavy atom. The van der Waals surface area contributed by atoms with Crippen LogP contribution in [0.1, 0.15) is 31.3 Å². The number of rotatable bonds is 4. The van der Waals surface area contributed by atoms with E-state index in [2.05, 4.69) is 10.1 Å². The lowest BCUT2D eigenvalue weighted by atomic mass is 10.2. The molecule has 0 aliphatic heterocycles. The monoisotopic (exact) mass is 419 g/mol. The van der Waals surface area contributed by atoms with Crippen molar-refractivity contribution < 1.29 is 17.9 Å². The van der Waals surface area contributed by atoms with Crippen LogP contribution in [0, 0.1) is 0 Å². The number of hydrogen-bond donors (Lipinski definition) is 0. The van der Waals surface area contributed by atoms with E-state index in [9.17, 15) is 13.2 Å². The summed E-state index contributed by atoms with van der Waals surface area (Å²) in [6, 6.07) is 3.24. The molecule has 0 radical (unpaired) electrons. The number of pyridine rings is 1. The van der Waals surface area contributed by atoms with Crippen LogP contribution in [0.25, 0.3) is 17.0 Å². The molecule has 0 fully saturated rings. The molecule has 0 N–H and O–H groups in total. The average Bonchev–Trinajstić information content (AvgIpc) is 3.21. The molecule has 0 saturated carbocycles. The van der Waals surface area contributed by atoms with Gasteiger partial charge < -0.3 is 9.64 Å². The molecule has 10 heteroatoms. The predicted octanol–water partition coefficient (Wildman–Crippen LogP) is 2.02. The highest BCUT2D eigenvalue weighted by Crippen LogP contribution is 2.34. The molecule has 3 heterocycles. The zero-order chi connectivity index (χ0) is 21.7. The Morgan fingerprint density at radius 2 is 1.86 bits per heavy atom. The standard InChI is InChI=1S/C19H25N5O4S/c1-19(2,3)29(26,27)16-11-24-14(10-20-17(24)9-15(16)28-7)12-8-13(23(6)21-12)18(25)22(4)5/h8-11H,1-7H3. The van der Waals surface area contributed by atoms with Gasteiger partial charge in [0.2, 0.25) is 0 Å². The van der Waals surface area contributed by atoms with Crippen molar-refractivity contribution >= 4 is 21.4 Å². The smallest absolute Gasteiger partial charge is 0.271 e. The maximum absolute atomic E-state index is 13.1. The Labute approximate surface area is 169 Å². The minimum absolute atomic E-state index is 0.0692. The van der Waals surface area contributed by atoms with Gasteiger partial charge in [-0.05, 0) is 26.8 Å². The van der Waals surface area contributed by atoms with Crippen molar-refractivity contribution in [3.8, 4) is 17.1 Å². The van der Waals surface area contributed by atoms with Gasteiger partial charge in [-0.1, -0.05) is 0 Å². The minimum Gasteiger partial charge on any atom is -0.495 e. The first-order valence-corrected chi connectivity index (χ1v) is 10.4. The summed E-state index contributed by atoms with van der Waals surface area (Å²) >= 11 is 0. The van der Waals surface area contributed by atoms with E-state index >= 15 is 0 Å². The molecule has 0 unspecified atom stereocenters. The molecule has 0 bridgehead atoms. The molecule has 3 aromatic rings. The van der Waals surface area contributed by atoms with Gasteiger partial charge in [0, 0.05) is 33.4 Å². The van der Waals surface area contributed by atoms with Crippen LogP contribution in [0.3, 0.4) is 0 Å². The van der Waals surface area contributed by atoms with Crippen molar-refractivity contribution in [2.75, 3.05) is 21.2 Å². The molecule has 0 aliphatic carbocycles. The summed E-state index contributed by atoms with van der Waals surface area (Å²) in [4.78, 5) is 18.2. The van der Waals surface area contributed by atoms with Gasteiger partial charge >= 0.3 is 0 Å². The second-order valence-electron chi connectivity index (χ2n) is 7.93. The molecule has 0 saturated heterocycles. The highest BCUT2D eigenvalue weighted by atomic mass is 32.2. The fraction of sp³-hybridized carbons (Fsp3) is 0.421. The molecule has 9 nitrogen and oxygen atoms in total. The van der Waals surface area contributed by atoms with E-state index in [1.165, 1.54) is 22.9 Å². The summed E-state index contributed by atoms with van der Waals surface area (Å²) in [5.41, 5.74) is 2.00. The minimum atomic E-state index is -3.68. The topological polar surface area (TPSA) is 98.8 Å².